The van der Waals surface area contributed by atoms with Crippen LogP contribution in [-0.4, -0.2) is 35.2 Å². The van der Waals surface area contributed by atoms with Crippen LogP contribution in [0.25, 0.3) is 0 Å². The minimum absolute atomic E-state index is 0.0185. The number of esters is 1. The maximum atomic E-state index is 15.7. The van der Waals surface area contributed by atoms with Crippen LogP contribution in [0.2, 0.25) is 0 Å². The largest absolute Gasteiger partial charge is 0.461 e. The molecule has 3 fully saturated rings. The molecule has 1 aromatic rings. The van der Waals surface area contributed by atoms with Crippen molar-refractivity contribution in [1.82, 2.24) is 0 Å². The predicted octanol–water partition coefficient (Wildman–Crippen LogP) is 5.69. The normalized spacial score (nSPS) is 41.5. The van der Waals surface area contributed by atoms with Gasteiger partial charge < -0.3 is 9.84 Å². The van der Waals surface area contributed by atoms with Gasteiger partial charge in [-0.1, -0.05) is 57.2 Å². The summed E-state index contributed by atoms with van der Waals surface area (Å²) in [6, 6.07) is 10.1. The molecule has 6 heteroatoms. The molecule has 0 amide bonds. The molecule has 1 aromatic carbocycles. The number of aliphatic hydroxyl groups is 1. The molecule has 0 bridgehead atoms. The minimum atomic E-state index is -1.59. The van der Waals surface area contributed by atoms with Gasteiger partial charge in [0.2, 0.25) is 5.78 Å². The van der Waals surface area contributed by atoms with Gasteiger partial charge in [-0.05, 0) is 61.5 Å². The monoisotopic (exact) mass is 498 g/mol. The van der Waals surface area contributed by atoms with Crippen molar-refractivity contribution in [3.63, 3.8) is 0 Å². The van der Waals surface area contributed by atoms with Crippen molar-refractivity contribution < 1.29 is 28.2 Å². The number of carbonyl (C=O) groups excluding carboxylic acids is 2. The number of carbonyl (C=O) groups is 2. The summed E-state index contributed by atoms with van der Waals surface area (Å²) in [5.74, 6) is -2.60. The Bertz CT molecular complexity index is 1100. The first-order valence-electron chi connectivity index (χ1n) is 13.3. The van der Waals surface area contributed by atoms with Gasteiger partial charge >= 0.3 is 5.97 Å². The van der Waals surface area contributed by atoms with Gasteiger partial charge in [-0.3, -0.25) is 9.59 Å². The number of fused-ring (bicyclic) bond motifs is 5. The first-order valence-corrected chi connectivity index (χ1v) is 13.3. The van der Waals surface area contributed by atoms with Crippen molar-refractivity contribution in [1.29, 1.82) is 0 Å². The molecule has 5 rings (SSSR count). The number of rotatable bonds is 5. The molecular formula is C30H36F2O4. The van der Waals surface area contributed by atoms with Crippen LogP contribution >= 0.6 is 0 Å². The molecule has 4 aliphatic carbocycles. The highest BCUT2D eigenvalue weighted by Gasteiger charge is 2.67. The standard InChI is InChI=1S/C30H36F2O4/c1-4-24(35)36-28-17(2)14-20-19-15-21(31)26-27(32)22(33)11-12-29(26,3)25(19)23(34)16-30(20,28)13-10-18-8-6-5-7-9-18/h5-9,11-12,17,19-21,23,25,28,34H,4,10,13-16H2,1-3H3/t17-,19-,20-,21-,23-,25+,28?,29+,30-/m0/s1. The van der Waals surface area contributed by atoms with Gasteiger partial charge in [-0.25, -0.2) is 8.78 Å². The summed E-state index contributed by atoms with van der Waals surface area (Å²) < 4.78 is 36.8. The van der Waals surface area contributed by atoms with E-state index < -0.39 is 40.6 Å². The van der Waals surface area contributed by atoms with Gasteiger partial charge in [-0.15, -0.1) is 0 Å². The van der Waals surface area contributed by atoms with Gasteiger partial charge in [0.1, 0.15) is 12.3 Å². The fourth-order valence-electron chi connectivity index (χ4n) is 8.43. The number of alkyl halides is 1. The van der Waals surface area contributed by atoms with E-state index in [0.29, 0.717) is 12.8 Å². The Morgan fingerprint density at radius 1 is 1.22 bits per heavy atom. The summed E-state index contributed by atoms with van der Waals surface area (Å²) >= 11 is 0. The molecule has 0 saturated heterocycles. The second kappa shape index (κ2) is 9.20. The zero-order valence-corrected chi connectivity index (χ0v) is 21.3. The summed E-state index contributed by atoms with van der Waals surface area (Å²) in [4.78, 5) is 24.5. The highest BCUT2D eigenvalue weighted by Crippen LogP contribution is 2.68. The molecule has 4 aliphatic rings. The molecule has 1 unspecified atom stereocenters. The van der Waals surface area contributed by atoms with Crippen molar-refractivity contribution in [3.8, 4) is 0 Å². The Kier molecular flexibility index (Phi) is 6.47. The molecule has 0 aromatic heterocycles. The zero-order chi connectivity index (χ0) is 25.8. The Morgan fingerprint density at radius 3 is 2.64 bits per heavy atom. The highest BCUT2D eigenvalue weighted by atomic mass is 19.1. The Labute approximate surface area is 211 Å². The summed E-state index contributed by atoms with van der Waals surface area (Å²) in [7, 11) is 0. The first-order chi connectivity index (χ1) is 17.1. The lowest BCUT2D eigenvalue weighted by Crippen LogP contribution is -2.60. The van der Waals surface area contributed by atoms with E-state index in [2.05, 4.69) is 19.1 Å². The maximum Gasteiger partial charge on any atom is 0.305 e. The Hall–Kier alpha value is -2.34. The van der Waals surface area contributed by atoms with E-state index in [4.69, 9.17) is 4.74 Å². The van der Waals surface area contributed by atoms with Crippen LogP contribution in [0.1, 0.15) is 58.4 Å². The molecule has 1 N–H and O–H groups in total. The molecule has 4 nitrogen and oxygen atoms in total. The smallest absolute Gasteiger partial charge is 0.305 e. The summed E-state index contributed by atoms with van der Waals surface area (Å²) in [5, 5.41) is 11.7. The maximum absolute atomic E-state index is 15.7. The second-order valence-electron chi connectivity index (χ2n) is 11.7. The van der Waals surface area contributed by atoms with Crippen LogP contribution in [-0.2, 0) is 20.7 Å². The molecule has 0 aliphatic heterocycles. The lowest BCUT2D eigenvalue weighted by Gasteiger charge is -2.59. The third kappa shape index (κ3) is 3.79. The molecular weight excluding hydrogens is 462 g/mol. The number of hydrogen-bond donors (Lipinski definition) is 1. The van der Waals surface area contributed by atoms with Gasteiger partial charge in [0.25, 0.3) is 0 Å². The number of halogens is 2. The number of ketones is 1. The zero-order valence-electron chi connectivity index (χ0n) is 21.3. The third-order valence-electron chi connectivity index (χ3n) is 9.80. The van der Waals surface area contributed by atoms with Gasteiger partial charge in [0, 0.05) is 28.7 Å². The van der Waals surface area contributed by atoms with E-state index in [-0.39, 0.29) is 48.2 Å². The topological polar surface area (TPSA) is 63.6 Å². The summed E-state index contributed by atoms with van der Waals surface area (Å²) in [6.45, 7) is 5.62. The van der Waals surface area contributed by atoms with Gasteiger partial charge in [0.05, 0.1) is 6.10 Å². The molecule has 0 radical (unpaired) electrons. The van der Waals surface area contributed by atoms with E-state index in [1.165, 1.54) is 11.6 Å². The number of ether oxygens (including phenoxy) is 1. The molecule has 0 heterocycles. The number of aryl methyl sites for hydroxylation is 1. The van der Waals surface area contributed by atoms with Crippen molar-refractivity contribution in [2.45, 2.75) is 77.7 Å². The van der Waals surface area contributed by atoms with Gasteiger partial charge in [0.15, 0.2) is 5.83 Å². The van der Waals surface area contributed by atoms with Crippen LogP contribution in [0.4, 0.5) is 8.78 Å². The average molecular weight is 499 g/mol. The summed E-state index contributed by atoms with van der Waals surface area (Å²) in [5.41, 5.74) is -0.494. The molecule has 9 atom stereocenters. The van der Waals surface area contributed by atoms with Crippen molar-refractivity contribution in [2.75, 3.05) is 0 Å². The van der Waals surface area contributed by atoms with Crippen LogP contribution in [0.5, 0.6) is 0 Å². The van der Waals surface area contributed by atoms with Crippen molar-refractivity contribution in [2.24, 2.45) is 34.5 Å². The molecule has 194 valence electrons. The van der Waals surface area contributed by atoms with Gasteiger partial charge in [-0.2, -0.15) is 0 Å². The Balaban J connectivity index is 1.56. The molecule has 3 saturated carbocycles. The van der Waals surface area contributed by atoms with Crippen LogP contribution < -0.4 is 0 Å². The van der Waals surface area contributed by atoms with E-state index in [9.17, 15) is 19.1 Å². The lowest BCUT2D eigenvalue weighted by atomic mass is 9.46. The lowest BCUT2D eigenvalue weighted by molar-refractivity contribution is -0.177. The van der Waals surface area contributed by atoms with E-state index in [1.807, 2.05) is 18.2 Å². The van der Waals surface area contributed by atoms with E-state index in [1.54, 1.807) is 19.9 Å². The van der Waals surface area contributed by atoms with Crippen LogP contribution in [0, 0.1) is 34.5 Å². The number of allylic oxidation sites excluding steroid dienone is 4. The number of aliphatic hydroxyl groups excluding tert-OH is 1. The van der Waals surface area contributed by atoms with Crippen molar-refractivity contribution >= 4 is 11.8 Å². The van der Waals surface area contributed by atoms with Crippen molar-refractivity contribution in [3.05, 3.63) is 59.4 Å². The van der Waals surface area contributed by atoms with Crippen LogP contribution in [0.3, 0.4) is 0 Å². The predicted molar refractivity (Wildman–Crippen MR) is 132 cm³/mol. The van der Waals surface area contributed by atoms with E-state index in [0.717, 1.165) is 12.8 Å². The number of hydrogen-bond acceptors (Lipinski definition) is 4. The minimum Gasteiger partial charge on any atom is -0.461 e. The first kappa shape index (κ1) is 25.3. The summed E-state index contributed by atoms with van der Waals surface area (Å²) in [6.07, 6.45) is 3.00. The molecule has 0 spiro atoms. The van der Waals surface area contributed by atoms with E-state index >= 15 is 4.39 Å². The SMILES string of the molecule is CCC(=O)OC1[C@@H](C)C[C@H]2[C@@H]3C[C@H](F)C4=C(F)C(=O)C=C[C@]4(C)[C@H]3[C@@H](O)C[C@]12CCc1ccccc1. The quantitative estimate of drug-likeness (QED) is 0.530. The Morgan fingerprint density at radius 2 is 1.94 bits per heavy atom. The second-order valence-corrected chi connectivity index (χ2v) is 11.7. The molecule has 36 heavy (non-hydrogen) atoms. The fourth-order valence-corrected chi connectivity index (χ4v) is 8.43. The third-order valence-corrected chi connectivity index (χ3v) is 9.80. The fraction of sp³-hybridized carbons (Fsp3) is 0.600. The average Bonchev–Trinajstić information content (AvgIpc) is 3.12. The van der Waals surface area contributed by atoms with Crippen LogP contribution in [0.15, 0.2) is 53.9 Å². The highest BCUT2D eigenvalue weighted by molar-refractivity contribution is 6.04. The number of benzene rings is 1.